The van der Waals surface area contributed by atoms with Crippen LogP contribution in [0.4, 0.5) is 5.95 Å². The molecule has 112 valence electrons. The molecule has 5 heteroatoms. The van der Waals surface area contributed by atoms with E-state index in [0.29, 0.717) is 12.1 Å². The van der Waals surface area contributed by atoms with E-state index < -0.39 is 0 Å². The van der Waals surface area contributed by atoms with Crippen LogP contribution in [-0.4, -0.2) is 29.1 Å². The van der Waals surface area contributed by atoms with Gasteiger partial charge in [-0.2, -0.15) is 0 Å². The van der Waals surface area contributed by atoms with Crippen molar-refractivity contribution in [1.82, 2.24) is 15.3 Å². The van der Waals surface area contributed by atoms with Gasteiger partial charge in [0.15, 0.2) is 0 Å². The normalized spacial score (nSPS) is 17.9. The summed E-state index contributed by atoms with van der Waals surface area (Å²) in [6.45, 7) is 6.51. The molecule has 0 spiro atoms. The lowest BCUT2D eigenvalue weighted by Gasteiger charge is -2.33. The molecule has 2 aromatic heterocycles. The minimum absolute atomic E-state index is 0.439. The van der Waals surface area contributed by atoms with Crippen LogP contribution < -0.4 is 10.2 Å². The van der Waals surface area contributed by atoms with Crippen molar-refractivity contribution in [3.63, 3.8) is 0 Å². The molecule has 0 aromatic carbocycles. The molecule has 0 amide bonds. The SMILES string of the molecule is Cc1ccsc1C(C)NC1CCN(c2ncccn2)CC1. The molecule has 0 aliphatic carbocycles. The molecular formula is C16H22N4S. The third-order valence-electron chi connectivity index (χ3n) is 4.11. The van der Waals surface area contributed by atoms with E-state index in [-0.39, 0.29) is 0 Å². The molecular weight excluding hydrogens is 280 g/mol. The van der Waals surface area contributed by atoms with Gasteiger partial charge in [-0.3, -0.25) is 0 Å². The number of hydrogen-bond donors (Lipinski definition) is 1. The highest BCUT2D eigenvalue weighted by Gasteiger charge is 2.22. The maximum atomic E-state index is 4.34. The number of hydrogen-bond acceptors (Lipinski definition) is 5. The van der Waals surface area contributed by atoms with Crippen LogP contribution in [0.25, 0.3) is 0 Å². The summed E-state index contributed by atoms with van der Waals surface area (Å²) in [6, 6.07) is 5.09. The third-order valence-corrected chi connectivity index (χ3v) is 5.31. The van der Waals surface area contributed by atoms with Gasteiger partial charge < -0.3 is 10.2 Å². The zero-order valence-electron chi connectivity index (χ0n) is 12.6. The second kappa shape index (κ2) is 6.54. The minimum atomic E-state index is 0.439. The molecule has 1 N–H and O–H groups in total. The van der Waals surface area contributed by atoms with Crippen molar-refractivity contribution in [2.75, 3.05) is 18.0 Å². The van der Waals surface area contributed by atoms with Gasteiger partial charge in [0.2, 0.25) is 5.95 Å². The van der Waals surface area contributed by atoms with Crippen molar-refractivity contribution in [3.8, 4) is 0 Å². The van der Waals surface area contributed by atoms with Crippen LogP contribution in [0.5, 0.6) is 0 Å². The van der Waals surface area contributed by atoms with Gasteiger partial charge in [-0.25, -0.2) is 9.97 Å². The number of nitrogens with zero attached hydrogens (tertiary/aromatic N) is 3. The fourth-order valence-electron chi connectivity index (χ4n) is 2.96. The summed E-state index contributed by atoms with van der Waals surface area (Å²) in [6.07, 6.45) is 5.92. The second-order valence-electron chi connectivity index (χ2n) is 5.67. The maximum Gasteiger partial charge on any atom is 0.225 e. The second-order valence-corrected chi connectivity index (χ2v) is 6.61. The number of aryl methyl sites for hydroxylation is 1. The monoisotopic (exact) mass is 302 g/mol. The average Bonchev–Trinajstić information content (AvgIpc) is 2.95. The van der Waals surface area contributed by atoms with E-state index >= 15 is 0 Å². The van der Waals surface area contributed by atoms with Crippen LogP contribution in [0.3, 0.4) is 0 Å². The number of anilines is 1. The molecule has 1 fully saturated rings. The zero-order chi connectivity index (χ0) is 14.7. The molecule has 0 saturated carbocycles. The van der Waals surface area contributed by atoms with E-state index in [2.05, 4.69) is 45.5 Å². The van der Waals surface area contributed by atoms with Crippen molar-refractivity contribution in [2.24, 2.45) is 0 Å². The van der Waals surface area contributed by atoms with Crippen LogP contribution in [0.2, 0.25) is 0 Å². The summed E-state index contributed by atoms with van der Waals surface area (Å²) < 4.78 is 0. The van der Waals surface area contributed by atoms with Crippen LogP contribution in [0.1, 0.15) is 36.2 Å². The molecule has 1 aliphatic rings. The molecule has 0 radical (unpaired) electrons. The highest BCUT2D eigenvalue weighted by atomic mass is 32.1. The first-order chi connectivity index (χ1) is 10.2. The van der Waals surface area contributed by atoms with E-state index in [9.17, 15) is 0 Å². The molecule has 1 saturated heterocycles. The van der Waals surface area contributed by atoms with Gasteiger partial charge in [-0.15, -0.1) is 11.3 Å². The molecule has 3 rings (SSSR count). The molecule has 1 atom stereocenters. The minimum Gasteiger partial charge on any atom is -0.341 e. The number of thiophene rings is 1. The van der Waals surface area contributed by atoms with Gasteiger partial charge in [-0.1, -0.05) is 0 Å². The Balaban J connectivity index is 1.53. The van der Waals surface area contributed by atoms with Gasteiger partial charge in [0.05, 0.1) is 0 Å². The Kier molecular flexibility index (Phi) is 4.51. The van der Waals surface area contributed by atoms with Crippen molar-refractivity contribution >= 4 is 17.3 Å². The summed E-state index contributed by atoms with van der Waals surface area (Å²) in [5, 5.41) is 5.96. The van der Waals surface area contributed by atoms with Crippen LogP contribution in [0.15, 0.2) is 29.9 Å². The maximum absolute atomic E-state index is 4.34. The first-order valence-electron chi connectivity index (χ1n) is 7.56. The molecule has 3 heterocycles. The average molecular weight is 302 g/mol. The molecule has 4 nitrogen and oxygen atoms in total. The van der Waals surface area contributed by atoms with Crippen molar-refractivity contribution in [2.45, 2.75) is 38.8 Å². The van der Waals surface area contributed by atoms with Crippen LogP contribution >= 0.6 is 11.3 Å². The molecule has 21 heavy (non-hydrogen) atoms. The molecule has 1 aliphatic heterocycles. The van der Waals surface area contributed by atoms with E-state index in [1.165, 1.54) is 10.4 Å². The number of aromatic nitrogens is 2. The van der Waals surface area contributed by atoms with Gasteiger partial charge in [0.25, 0.3) is 0 Å². The Morgan fingerprint density at radius 1 is 1.29 bits per heavy atom. The molecule has 0 bridgehead atoms. The fraction of sp³-hybridized carbons (Fsp3) is 0.500. The van der Waals surface area contributed by atoms with Gasteiger partial charge in [0, 0.05) is 42.4 Å². The fourth-order valence-corrected chi connectivity index (χ4v) is 3.90. The van der Waals surface area contributed by atoms with Crippen LogP contribution in [0, 0.1) is 6.92 Å². The molecule has 2 aromatic rings. The highest BCUT2D eigenvalue weighted by molar-refractivity contribution is 7.10. The predicted octanol–water partition coefficient (Wildman–Crippen LogP) is 3.17. The first kappa shape index (κ1) is 14.5. The van der Waals surface area contributed by atoms with E-state index in [0.717, 1.165) is 31.9 Å². The van der Waals surface area contributed by atoms with E-state index in [1.54, 1.807) is 0 Å². The first-order valence-corrected chi connectivity index (χ1v) is 8.44. The standard InChI is InChI=1S/C16H22N4S/c1-12-6-11-21-15(12)13(2)19-14-4-9-20(10-5-14)16-17-7-3-8-18-16/h3,6-8,11,13-14,19H,4-5,9-10H2,1-2H3. The van der Waals surface area contributed by atoms with Gasteiger partial charge >= 0.3 is 0 Å². The zero-order valence-corrected chi connectivity index (χ0v) is 13.4. The Bertz CT molecular complexity index is 561. The summed E-state index contributed by atoms with van der Waals surface area (Å²) in [5.74, 6) is 0.859. The highest BCUT2D eigenvalue weighted by Crippen LogP contribution is 2.25. The lowest BCUT2D eigenvalue weighted by Crippen LogP contribution is -2.43. The lowest BCUT2D eigenvalue weighted by atomic mass is 10.0. The van der Waals surface area contributed by atoms with Crippen LogP contribution in [-0.2, 0) is 0 Å². The Morgan fingerprint density at radius 3 is 2.62 bits per heavy atom. The largest absolute Gasteiger partial charge is 0.341 e. The smallest absolute Gasteiger partial charge is 0.225 e. The summed E-state index contributed by atoms with van der Waals surface area (Å²) >= 11 is 1.85. The van der Waals surface area contributed by atoms with Gasteiger partial charge in [-0.05, 0) is 49.8 Å². The summed E-state index contributed by atoms with van der Waals surface area (Å²) in [7, 11) is 0. The third kappa shape index (κ3) is 3.41. The topological polar surface area (TPSA) is 41.0 Å². The quantitative estimate of drug-likeness (QED) is 0.942. The van der Waals surface area contributed by atoms with E-state index in [4.69, 9.17) is 0 Å². The molecule has 1 unspecified atom stereocenters. The Hall–Kier alpha value is -1.46. The summed E-state index contributed by atoms with van der Waals surface area (Å²) in [4.78, 5) is 12.4. The number of nitrogens with one attached hydrogen (secondary N) is 1. The Labute approximate surface area is 130 Å². The van der Waals surface area contributed by atoms with Crippen molar-refractivity contribution in [3.05, 3.63) is 40.3 Å². The number of piperidine rings is 1. The Morgan fingerprint density at radius 2 is 2.00 bits per heavy atom. The van der Waals surface area contributed by atoms with Crippen molar-refractivity contribution < 1.29 is 0 Å². The van der Waals surface area contributed by atoms with Gasteiger partial charge in [0.1, 0.15) is 0 Å². The lowest BCUT2D eigenvalue weighted by molar-refractivity contribution is 0.380. The van der Waals surface area contributed by atoms with Crippen molar-refractivity contribution in [1.29, 1.82) is 0 Å². The van der Waals surface area contributed by atoms with E-state index in [1.807, 2.05) is 29.8 Å². The summed E-state index contributed by atoms with van der Waals surface area (Å²) in [5.41, 5.74) is 1.40. The predicted molar refractivity (Wildman–Crippen MR) is 87.9 cm³/mol. The number of rotatable bonds is 4.